The average Bonchev–Trinajstić information content (AvgIpc) is 2.88. The molecule has 0 saturated heterocycles. The quantitative estimate of drug-likeness (QED) is 0.407. The monoisotopic (exact) mass is 557 g/mol. The number of benzene rings is 2. The van der Waals surface area contributed by atoms with Gasteiger partial charge in [-0.1, -0.05) is 37.5 Å². The molecule has 2 aromatic carbocycles. The summed E-state index contributed by atoms with van der Waals surface area (Å²) in [6.45, 7) is 6.06. The minimum Gasteiger partial charge on any atom is -0.497 e. The summed E-state index contributed by atoms with van der Waals surface area (Å²) >= 11 is 0. The van der Waals surface area contributed by atoms with Gasteiger partial charge in [-0.2, -0.15) is 0 Å². The van der Waals surface area contributed by atoms with Gasteiger partial charge in [0.2, 0.25) is 21.8 Å². The fraction of sp³-hybridized carbons (Fsp3) is 0.533. The van der Waals surface area contributed by atoms with Crippen molar-refractivity contribution in [3.8, 4) is 5.75 Å². The number of sulfonamides is 1. The van der Waals surface area contributed by atoms with Crippen molar-refractivity contribution in [2.45, 2.75) is 84.3 Å². The molecule has 1 unspecified atom stereocenters. The van der Waals surface area contributed by atoms with Crippen LogP contribution in [0.2, 0.25) is 0 Å². The lowest BCUT2D eigenvalue weighted by atomic mass is 9.95. The second-order valence-electron chi connectivity index (χ2n) is 10.7. The van der Waals surface area contributed by atoms with Crippen molar-refractivity contribution >= 4 is 27.5 Å². The van der Waals surface area contributed by atoms with Crippen LogP contribution in [0.4, 0.5) is 5.69 Å². The molecule has 0 heterocycles. The molecule has 2 amide bonds. The van der Waals surface area contributed by atoms with E-state index in [0.29, 0.717) is 17.9 Å². The molecule has 39 heavy (non-hydrogen) atoms. The zero-order valence-corrected chi connectivity index (χ0v) is 24.7. The Morgan fingerprint density at radius 2 is 1.64 bits per heavy atom. The van der Waals surface area contributed by atoms with Gasteiger partial charge in [0, 0.05) is 25.6 Å². The molecule has 0 radical (unpaired) electrons. The molecule has 1 atom stereocenters. The van der Waals surface area contributed by atoms with Crippen LogP contribution < -0.4 is 14.4 Å². The number of nitrogens with zero attached hydrogens (tertiary/aromatic N) is 2. The van der Waals surface area contributed by atoms with Gasteiger partial charge in [-0.05, 0) is 81.0 Å². The number of hydrogen-bond donors (Lipinski definition) is 1. The molecule has 1 aliphatic carbocycles. The third-order valence-electron chi connectivity index (χ3n) is 7.28. The van der Waals surface area contributed by atoms with Crippen LogP contribution in [0.5, 0.6) is 5.75 Å². The molecule has 1 saturated carbocycles. The maximum atomic E-state index is 13.5. The molecule has 0 bridgehead atoms. The van der Waals surface area contributed by atoms with E-state index in [1.165, 1.54) is 17.0 Å². The van der Waals surface area contributed by atoms with Crippen LogP contribution in [0.25, 0.3) is 0 Å². The average molecular weight is 558 g/mol. The molecule has 8 nitrogen and oxygen atoms in total. The van der Waals surface area contributed by atoms with Crippen molar-refractivity contribution in [1.82, 2.24) is 10.2 Å². The normalized spacial score (nSPS) is 14.9. The standard InChI is InChI=1S/C30H43N3O5S/c1-22-18-23(2)20-27(19-22)33(39(5,36)37)17-9-12-29(34)32(21-25-13-15-28(38-4)16-14-25)24(3)30(35)31-26-10-7-6-8-11-26/h13-16,18-20,24,26H,6-12,17,21H2,1-5H3,(H,31,35). The van der Waals surface area contributed by atoms with Crippen molar-refractivity contribution < 1.29 is 22.7 Å². The number of carbonyl (C=O) groups excluding carboxylic acids is 2. The van der Waals surface area contributed by atoms with Gasteiger partial charge in [-0.25, -0.2) is 8.42 Å². The molecular weight excluding hydrogens is 514 g/mol. The fourth-order valence-electron chi connectivity index (χ4n) is 5.18. The number of carbonyl (C=O) groups is 2. The predicted octanol–water partition coefficient (Wildman–Crippen LogP) is 4.72. The Morgan fingerprint density at radius 3 is 2.21 bits per heavy atom. The largest absolute Gasteiger partial charge is 0.497 e. The molecule has 2 aromatic rings. The first-order valence-corrected chi connectivity index (χ1v) is 15.6. The van der Waals surface area contributed by atoms with Gasteiger partial charge in [0.25, 0.3) is 0 Å². The first-order chi connectivity index (χ1) is 18.5. The third kappa shape index (κ3) is 8.98. The maximum Gasteiger partial charge on any atom is 0.242 e. The Labute approximate surface area is 233 Å². The van der Waals surface area contributed by atoms with Gasteiger partial charge in [-0.15, -0.1) is 0 Å². The summed E-state index contributed by atoms with van der Waals surface area (Å²) in [7, 11) is -1.94. The summed E-state index contributed by atoms with van der Waals surface area (Å²) in [5.74, 6) is 0.370. The van der Waals surface area contributed by atoms with E-state index in [1.54, 1.807) is 18.9 Å². The van der Waals surface area contributed by atoms with Crippen LogP contribution in [0.3, 0.4) is 0 Å². The van der Waals surface area contributed by atoms with Crippen LogP contribution in [0.1, 0.15) is 68.6 Å². The Balaban J connectivity index is 1.73. The third-order valence-corrected chi connectivity index (χ3v) is 8.47. The summed E-state index contributed by atoms with van der Waals surface area (Å²) in [5.41, 5.74) is 3.42. The van der Waals surface area contributed by atoms with E-state index in [-0.39, 0.29) is 37.4 Å². The number of aryl methyl sites for hydroxylation is 2. The fourth-order valence-corrected chi connectivity index (χ4v) is 6.13. The summed E-state index contributed by atoms with van der Waals surface area (Å²) in [5, 5.41) is 3.14. The first-order valence-electron chi connectivity index (χ1n) is 13.8. The molecule has 0 aromatic heterocycles. The van der Waals surface area contributed by atoms with Crippen molar-refractivity contribution in [3.63, 3.8) is 0 Å². The Morgan fingerprint density at radius 1 is 1.03 bits per heavy atom. The Hall–Kier alpha value is -3.07. The minimum atomic E-state index is -3.54. The van der Waals surface area contributed by atoms with Gasteiger partial charge in [0.1, 0.15) is 11.8 Å². The number of amides is 2. The summed E-state index contributed by atoms with van der Waals surface area (Å²) in [6, 6.07) is 12.6. The van der Waals surface area contributed by atoms with Gasteiger partial charge < -0.3 is 15.0 Å². The maximum absolute atomic E-state index is 13.5. The molecule has 214 valence electrons. The van der Waals surface area contributed by atoms with Crippen LogP contribution in [-0.4, -0.2) is 57.1 Å². The van der Waals surface area contributed by atoms with E-state index in [0.717, 1.165) is 42.4 Å². The molecule has 1 fully saturated rings. The highest BCUT2D eigenvalue weighted by Gasteiger charge is 2.28. The molecule has 0 spiro atoms. The predicted molar refractivity (Wildman–Crippen MR) is 155 cm³/mol. The lowest BCUT2D eigenvalue weighted by Crippen LogP contribution is -2.50. The van der Waals surface area contributed by atoms with E-state index in [4.69, 9.17) is 4.74 Å². The van der Waals surface area contributed by atoms with Crippen LogP contribution in [-0.2, 0) is 26.2 Å². The SMILES string of the molecule is COc1ccc(CN(C(=O)CCCN(c2cc(C)cc(C)c2)S(C)(=O)=O)C(C)C(=O)NC2CCCCC2)cc1. The van der Waals surface area contributed by atoms with E-state index in [1.807, 2.05) is 56.3 Å². The lowest BCUT2D eigenvalue weighted by molar-refractivity contribution is -0.141. The summed E-state index contributed by atoms with van der Waals surface area (Å²) in [6.07, 6.45) is 6.95. The highest BCUT2D eigenvalue weighted by atomic mass is 32.2. The van der Waals surface area contributed by atoms with Crippen molar-refractivity contribution in [2.24, 2.45) is 0 Å². The van der Waals surface area contributed by atoms with Crippen molar-refractivity contribution in [3.05, 3.63) is 59.2 Å². The van der Waals surface area contributed by atoms with Gasteiger partial charge in [0.15, 0.2) is 0 Å². The van der Waals surface area contributed by atoms with Crippen molar-refractivity contribution in [1.29, 1.82) is 0 Å². The van der Waals surface area contributed by atoms with Crippen LogP contribution in [0, 0.1) is 13.8 Å². The first kappa shape index (κ1) is 30.5. The smallest absolute Gasteiger partial charge is 0.242 e. The molecule has 1 N–H and O–H groups in total. The van der Waals surface area contributed by atoms with Crippen LogP contribution in [0.15, 0.2) is 42.5 Å². The Bertz CT molecular complexity index is 1200. The molecule has 1 aliphatic rings. The van der Waals surface area contributed by atoms with E-state index >= 15 is 0 Å². The molecule has 3 rings (SSSR count). The van der Waals surface area contributed by atoms with Gasteiger partial charge >= 0.3 is 0 Å². The zero-order valence-electron chi connectivity index (χ0n) is 23.9. The van der Waals surface area contributed by atoms with E-state index < -0.39 is 16.1 Å². The Kier molecular flexibility index (Phi) is 10.8. The topological polar surface area (TPSA) is 96.0 Å². The number of nitrogens with one attached hydrogen (secondary N) is 1. The molecular formula is C30H43N3O5S. The summed E-state index contributed by atoms with van der Waals surface area (Å²) in [4.78, 5) is 28.3. The highest BCUT2D eigenvalue weighted by molar-refractivity contribution is 7.92. The van der Waals surface area contributed by atoms with Gasteiger partial charge in [0.05, 0.1) is 19.1 Å². The molecule has 0 aliphatic heterocycles. The number of hydrogen-bond acceptors (Lipinski definition) is 5. The second-order valence-corrected chi connectivity index (χ2v) is 12.6. The lowest BCUT2D eigenvalue weighted by Gasteiger charge is -2.31. The number of rotatable bonds is 12. The minimum absolute atomic E-state index is 0.119. The summed E-state index contributed by atoms with van der Waals surface area (Å²) < 4.78 is 31.8. The van der Waals surface area contributed by atoms with Gasteiger partial charge in [-0.3, -0.25) is 13.9 Å². The van der Waals surface area contributed by atoms with Crippen molar-refractivity contribution in [2.75, 3.05) is 24.2 Å². The van der Waals surface area contributed by atoms with E-state index in [9.17, 15) is 18.0 Å². The zero-order chi connectivity index (χ0) is 28.6. The molecule has 9 heteroatoms. The number of methoxy groups -OCH3 is 1. The van der Waals surface area contributed by atoms with E-state index in [2.05, 4.69) is 5.32 Å². The van der Waals surface area contributed by atoms with Crippen LogP contribution >= 0.6 is 0 Å². The highest BCUT2D eigenvalue weighted by Crippen LogP contribution is 2.23. The number of anilines is 1. The second kappa shape index (κ2) is 13.8. The number of ether oxygens (including phenoxy) is 1.